The maximum atomic E-state index is 11.4. The van der Waals surface area contributed by atoms with Gasteiger partial charge in [0.15, 0.2) is 0 Å². The van der Waals surface area contributed by atoms with E-state index in [-0.39, 0.29) is 5.69 Å². The summed E-state index contributed by atoms with van der Waals surface area (Å²) in [5.74, 6) is 0. The molecule has 0 N–H and O–H groups in total. The summed E-state index contributed by atoms with van der Waals surface area (Å²) in [6.07, 6.45) is 1.61. The monoisotopic (exact) mass is 201 g/mol. The predicted molar refractivity (Wildman–Crippen MR) is 57.4 cm³/mol. The zero-order valence-corrected chi connectivity index (χ0v) is 8.42. The Hall–Kier alpha value is -1.97. The lowest BCUT2D eigenvalue weighted by atomic mass is 10.2. The lowest BCUT2D eigenvalue weighted by Gasteiger charge is -2.01. The first-order chi connectivity index (χ1) is 7.31. The lowest BCUT2D eigenvalue weighted by molar-refractivity contribution is 0.594. The van der Waals surface area contributed by atoms with E-state index < -0.39 is 0 Å². The number of aryl methyl sites for hydroxylation is 1. The number of rotatable bonds is 2. The van der Waals surface area contributed by atoms with Crippen molar-refractivity contribution in [2.75, 3.05) is 0 Å². The third-order valence-electron chi connectivity index (χ3n) is 2.13. The van der Waals surface area contributed by atoms with Gasteiger partial charge in [0.25, 0.3) is 0 Å². The molecule has 0 aliphatic carbocycles. The van der Waals surface area contributed by atoms with Crippen LogP contribution in [0.2, 0.25) is 0 Å². The van der Waals surface area contributed by atoms with Crippen LogP contribution >= 0.6 is 0 Å². The van der Waals surface area contributed by atoms with Crippen LogP contribution in [0.3, 0.4) is 0 Å². The third-order valence-corrected chi connectivity index (χ3v) is 2.13. The molecule has 0 fully saturated rings. The molecule has 2 rings (SSSR count). The first-order valence-electron chi connectivity index (χ1n) is 4.81. The van der Waals surface area contributed by atoms with Crippen molar-refractivity contribution < 1.29 is 0 Å². The highest BCUT2D eigenvalue weighted by atomic mass is 16.1. The molecule has 0 aliphatic heterocycles. The average molecular weight is 201 g/mol. The predicted octanol–water partition coefficient (Wildman–Crippen LogP) is 1.33. The Kier molecular flexibility index (Phi) is 2.58. The minimum absolute atomic E-state index is 0.307. The average Bonchev–Trinajstić information content (AvgIpc) is 2.30. The molecule has 0 saturated heterocycles. The van der Waals surface area contributed by atoms with E-state index in [0.29, 0.717) is 12.2 Å². The molecule has 4 heteroatoms. The molecule has 0 radical (unpaired) electrons. The van der Waals surface area contributed by atoms with Crippen molar-refractivity contribution in [3.05, 3.63) is 47.0 Å². The highest BCUT2D eigenvalue weighted by molar-refractivity contribution is 5.56. The standard InChI is InChI=1S/C11H11N3O/c1-2-14-11(15)13-10(8-12-14)9-6-4-3-5-7-9/h3-8H,2H2,1H3. The minimum atomic E-state index is -0.307. The van der Waals surface area contributed by atoms with Crippen molar-refractivity contribution in [2.24, 2.45) is 0 Å². The van der Waals surface area contributed by atoms with Gasteiger partial charge in [-0.2, -0.15) is 10.1 Å². The van der Waals surface area contributed by atoms with Gasteiger partial charge in [0.1, 0.15) is 0 Å². The van der Waals surface area contributed by atoms with E-state index in [9.17, 15) is 4.79 Å². The molecule has 4 nitrogen and oxygen atoms in total. The molecule has 0 spiro atoms. The summed E-state index contributed by atoms with van der Waals surface area (Å²) in [7, 11) is 0. The normalized spacial score (nSPS) is 10.2. The molecule has 0 saturated carbocycles. The van der Waals surface area contributed by atoms with Gasteiger partial charge in [0.05, 0.1) is 11.9 Å². The van der Waals surface area contributed by atoms with Gasteiger partial charge in [0, 0.05) is 12.1 Å². The smallest absolute Gasteiger partial charge is 0.244 e. The van der Waals surface area contributed by atoms with Crippen molar-refractivity contribution in [3.63, 3.8) is 0 Å². The van der Waals surface area contributed by atoms with Gasteiger partial charge in [-0.05, 0) is 6.92 Å². The largest absolute Gasteiger partial charge is 0.364 e. The van der Waals surface area contributed by atoms with E-state index in [1.165, 1.54) is 4.68 Å². The summed E-state index contributed by atoms with van der Waals surface area (Å²) in [6, 6.07) is 9.54. The van der Waals surface area contributed by atoms with Crippen molar-refractivity contribution in [1.29, 1.82) is 0 Å². The fourth-order valence-corrected chi connectivity index (χ4v) is 1.33. The van der Waals surface area contributed by atoms with Crippen molar-refractivity contribution in [2.45, 2.75) is 13.5 Å². The molecular formula is C11H11N3O. The van der Waals surface area contributed by atoms with Gasteiger partial charge in [-0.25, -0.2) is 9.48 Å². The molecular weight excluding hydrogens is 190 g/mol. The Morgan fingerprint density at radius 3 is 2.60 bits per heavy atom. The zero-order chi connectivity index (χ0) is 10.7. The van der Waals surface area contributed by atoms with Gasteiger partial charge in [-0.1, -0.05) is 30.3 Å². The molecule has 1 heterocycles. The Morgan fingerprint density at radius 1 is 1.27 bits per heavy atom. The number of hydrogen-bond donors (Lipinski definition) is 0. The molecule has 0 atom stereocenters. The number of aromatic nitrogens is 3. The molecule has 0 aliphatic rings. The van der Waals surface area contributed by atoms with Gasteiger partial charge in [0.2, 0.25) is 0 Å². The van der Waals surface area contributed by atoms with E-state index in [0.717, 1.165) is 5.56 Å². The first-order valence-corrected chi connectivity index (χ1v) is 4.81. The number of nitrogens with zero attached hydrogens (tertiary/aromatic N) is 3. The Labute approximate surface area is 87.2 Å². The third kappa shape index (κ3) is 1.93. The highest BCUT2D eigenvalue weighted by Gasteiger charge is 2.01. The summed E-state index contributed by atoms with van der Waals surface area (Å²) in [6.45, 7) is 2.40. The minimum Gasteiger partial charge on any atom is -0.244 e. The first kappa shape index (κ1) is 9.58. The molecule has 0 bridgehead atoms. The summed E-state index contributed by atoms with van der Waals surface area (Å²) in [5.41, 5.74) is 1.22. The van der Waals surface area contributed by atoms with Gasteiger partial charge in [-0.15, -0.1) is 0 Å². The lowest BCUT2D eigenvalue weighted by Crippen LogP contribution is -2.24. The summed E-state index contributed by atoms with van der Waals surface area (Å²) in [5, 5.41) is 4.01. The second-order valence-corrected chi connectivity index (χ2v) is 3.11. The molecule has 15 heavy (non-hydrogen) atoms. The second kappa shape index (κ2) is 4.04. The Balaban J connectivity index is 2.48. The quantitative estimate of drug-likeness (QED) is 0.736. The van der Waals surface area contributed by atoms with Crippen LogP contribution in [-0.4, -0.2) is 14.8 Å². The summed E-state index contributed by atoms with van der Waals surface area (Å²) >= 11 is 0. The Bertz CT molecular complexity index is 505. The number of benzene rings is 1. The van der Waals surface area contributed by atoms with Crippen LogP contribution in [-0.2, 0) is 6.54 Å². The Morgan fingerprint density at radius 2 is 2.00 bits per heavy atom. The van der Waals surface area contributed by atoms with Crippen LogP contribution in [0.5, 0.6) is 0 Å². The van der Waals surface area contributed by atoms with Crippen LogP contribution in [0.4, 0.5) is 0 Å². The van der Waals surface area contributed by atoms with Crippen molar-refractivity contribution >= 4 is 0 Å². The molecule has 0 unspecified atom stereocenters. The molecule has 1 aromatic carbocycles. The fourth-order valence-electron chi connectivity index (χ4n) is 1.33. The second-order valence-electron chi connectivity index (χ2n) is 3.11. The zero-order valence-electron chi connectivity index (χ0n) is 8.42. The van der Waals surface area contributed by atoms with Crippen molar-refractivity contribution in [3.8, 4) is 11.3 Å². The van der Waals surface area contributed by atoms with Crippen LogP contribution in [0.25, 0.3) is 11.3 Å². The fraction of sp³-hybridized carbons (Fsp3) is 0.182. The van der Waals surface area contributed by atoms with E-state index >= 15 is 0 Å². The van der Waals surface area contributed by atoms with Gasteiger partial charge in [-0.3, -0.25) is 0 Å². The van der Waals surface area contributed by atoms with E-state index in [4.69, 9.17) is 0 Å². The SMILES string of the molecule is CCn1ncc(-c2ccccc2)nc1=O. The highest BCUT2D eigenvalue weighted by Crippen LogP contribution is 2.12. The summed E-state index contributed by atoms with van der Waals surface area (Å²) in [4.78, 5) is 15.4. The van der Waals surface area contributed by atoms with Crippen LogP contribution in [0.1, 0.15) is 6.92 Å². The molecule has 2 aromatic rings. The van der Waals surface area contributed by atoms with E-state index in [2.05, 4.69) is 10.1 Å². The van der Waals surface area contributed by atoms with Gasteiger partial charge >= 0.3 is 5.69 Å². The summed E-state index contributed by atoms with van der Waals surface area (Å²) < 4.78 is 1.33. The number of hydrogen-bond acceptors (Lipinski definition) is 3. The van der Waals surface area contributed by atoms with Crippen LogP contribution in [0, 0.1) is 0 Å². The van der Waals surface area contributed by atoms with E-state index in [1.54, 1.807) is 6.20 Å². The van der Waals surface area contributed by atoms with Gasteiger partial charge < -0.3 is 0 Å². The van der Waals surface area contributed by atoms with E-state index in [1.807, 2.05) is 37.3 Å². The maximum absolute atomic E-state index is 11.4. The molecule has 1 aromatic heterocycles. The molecule has 76 valence electrons. The van der Waals surface area contributed by atoms with Crippen LogP contribution in [0.15, 0.2) is 41.3 Å². The van der Waals surface area contributed by atoms with Crippen molar-refractivity contribution in [1.82, 2.24) is 14.8 Å². The maximum Gasteiger partial charge on any atom is 0.364 e. The van der Waals surface area contributed by atoms with Crippen LogP contribution < -0.4 is 5.69 Å². The topological polar surface area (TPSA) is 47.8 Å². The molecule has 0 amide bonds.